The Labute approximate surface area is 468 Å². The minimum Gasteiger partial charge on any atom is -0.317 e. The fraction of sp³-hybridized carbons (Fsp3) is 0. The van der Waals surface area contributed by atoms with Crippen LogP contribution in [0, 0.1) is 17.9 Å². The van der Waals surface area contributed by atoms with Gasteiger partial charge in [0.05, 0.1) is 55.0 Å². The van der Waals surface area contributed by atoms with Crippen LogP contribution in [-0.2, 0) is 0 Å². The second-order valence-corrected chi connectivity index (χ2v) is 22.5. The second-order valence-electron chi connectivity index (χ2n) is 20.4. The number of aromatic nitrogens is 2. The van der Waals surface area contributed by atoms with E-state index in [1.54, 1.807) is 22.7 Å². The van der Waals surface area contributed by atoms with E-state index in [9.17, 15) is 11.8 Å². The van der Waals surface area contributed by atoms with Gasteiger partial charge < -0.3 is 9.13 Å². The van der Waals surface area contributed by atoms with E-state index in [4.69, 9.17) is 0 Å². The van der Waals surface area contributed by atoms with Crippen LogP contribution in [0.3, 0.4) is 0 Å². The normalized spacial score (nSPS) is 11.7. The molecule has 4 heterocycles. The van der Waals surface area contributed by atoms with Gasteiger partial charge in [-0.3, -0.25) is 0 Å². The van der Waals surface area contributed by atoms with E-state index in [2.05, 4.69) is 263 Å². The molecule has 0 bridgehead atoms. The minimum atomic E-state index is 0.390. The molecule has 0 atom stereocenters. The lowest BCUT2D eigenvalue weighted by molar-refractivity contribution is 1.14. The highest BCUT2D eigenvalue weighted by Gasteiger charge is 2.30. The van der Waals surface area contributed by atoms with Crippen LogP contribution >= 0.6 is 22.7 Å². The summed E-state index contributed by atoms with van der Waals surface area (Å²) in [5.41, 5.74) is 16.8. The largest absolute Gasteiger partial charge is 0.317 e. The summed E-state index contributed by atoms with van der Waals surface area (Å²) in [5.74, 6) is 0. The third kappa shape index (κ3) is 6.84. The van der Waals surface area contributed by atoms with Crippen molar-refractivity contribution in [2.45, 2.75) is 0 Å². The molecule has 16 rings (SSSR count). The molecule has 6 heteroatoms. The first-order chi connectivity index (χ1) is 39.6. The first kappa shape index (κ1) is 45.8. The molecule has 0 radical (unpaired) electrons. The molecule has 0 saturated carbocycles. The van der Waals surface area contributed by atoms with E-state index in [0.29, 0.717) is 11.3 Å². The molecule has 370 valence electrons. The summed E-state index contributed by atoms with van der Waals surface area (Å²) in [7, 11) is 0. The van der Waals surface area contributed by atoms with Gasteiger partial charge in [-0.2, -0.15) is 5.26 Å². The van der Waals surface area contributed by atoms with E-state index >= 15 is 0 Å². The summed E-state index contributed by atoms with van der Waals surface area (Å²) in [5, 5.41) is 20.9. The van der Waals surface area contributed by atoms with Crippen molar-refractivity contribution in [3.05, 3.63) is 272 Å². The third-order valence-corrected chi connectivity index (χ3v) is 18.6. The van der Waals surface area contributed by atoms with Crippen LogP contribution in [0.1, 0.15) is 5.56 Å². The summed E-state index contributed by atoms with van der Waals surface area (Å²) in [6.07, 6.45) is 0. The van der Waals surface area contributed by atoms with Crippen molar-refractivity contribution < 1.29 is 0 Å². The molecule has 0 spiro atoms. The zero-order valence-corrected chi connectivity index (χ0v) is 44.5. The molecule has 0 aliphatic heterocycles. The van der Waals surface area contributed by atoms with Crippen LogP contribution in [0.5, 0.6) is 0 Å². The number of benzene rings is 12. The number of rotatable bonds is 7. The van der Waals surface area contributed by atoms with E-state index in [-0.39, 0.29) is 0 Å². The Balaban J connectivity index is 1.10. The van der Waals surface area contributed by atoms with E-state index in [1.807, 2.05) is 12.1 Å². The molecular weight excluding hydrogens is 1010 g/mol. The lowest BCUT2D eigenvalue weighted by Crippen LogP contribution is -2.07. The Morgan fingerprint density at radius 1 is 0.350 bits per heavy atom. The number of fused-ring (bicyclic) bond motifs is 14. The highest BCUT2D eigenvalue weighted by atomic mass is 32.1. The van der Waals surface area contributed by atoms with Gasteiger partial charge in [0.2, 0.25) is 5.69 Å². The number of thiophene rings is 2. The maximum Gasteiger partial charge on any atom is 0.212 e. The Bertz CT molecular complexity index is 5010. The molecule has 16 aromatic rings. The van der Waals surface area contributed by atoms with Crippen molar-refractivity contribution >= 4 is 112 Å². The van der Waals surface area contributed by atoms with Crippen molar-refractivity contribution in [1.29, 1.82) is 5.26 Å². The van der Waals surface area contributed by atoms with Gasteiger partial charge in [-0.15, -0.1) is 22.7 Å². The van der Waals surface area contributed by atoms with E-state index in [0.717, 1.165) is 131 Å². The van der Waals surface area contributed by atoms with Crippen LogP contribution < -0.4 is 0 Å². The van der Waals surface area contributed by atoms with Crippen molar-refractivity contribution in [3.8, 4) is 73.1 Å². The van der Waals surface area contributed by atoms with Crippen LogP contribution in [0.25, 0.3) is 156 Å². The second kappa shape index (κ2) is 18.1. The van der Waals surface area contributed by atoms with Gasteiger partial charge in [0.15, 0.2) is 0 Å². The quantitative estimate of drug-likeness (QED) is 0.147. The van der Waals surface area contributed by atoms with Gasteiger partial charge in [0, 0.05) is 58.1 Å². The SMILES string of the molecule is [C-]#[N+]c1cc(C#N)c(-n2c3cc(-c4ccccc4-c4ccccc4)ccc3c3ccc4c5ccccc5sc4c32)c(-c2ccccc2)c1-n1c2cc(-c3ccccc3-c3ccccc3)ccc2c2ccc3c4ccccc4sc3c21. The minimum absolute atomic E-state index is 0.390. The molecule has 0 fully saturated rings. The maximum atomic E-state index is 11.9. The van der Waals surface area contributed by atoms with E-state index < -0.39 is 0 Å². The number of nitrogens with zero attached hydrogens (tertiary/aromatic N) is 4. The zero-order chi connectivity index (χ0) is 53.0. The Morgan fingerprint density at radius 2 is 0.738 bits per heavy atom. The molecule has 80 heavy (non-hydrogen) atoms. The van der Waals surface area contributed by atoms with Gasteiger partial charge >= 0.3 is 0 Å². The van der Waals surface area contributed by atoms with Gasteiger partial charge in [-0.05, 0) is 80.4 Å². The van der Waals surface area contributed by atoms with Crippen molar-refractivity contribution in [2.75, 3.05) is 0 Å². The maximum absolute atomic E-state index is 11.9. The molecule has 4 aromatic heterocycles. The summed E-state index contributed by atoms with van der Waals surface area (Å²) in [6, 6.07) is 93.6. The van der Waals surface area contributed by atoms with Crippen LogP contribution in [-0.4, -0.2) is 9.13 Å². The molecule has 0 aliphatic rings. The summed E-state index contributed by atoms with van der Waals surface area (Å²) in [4.78, 5) is 4.48. The standard InChI is InChI=1S/C74H42N4S2/c1-76-63-41-50(44-75)69(77-64-42-48(53-27-13-11-25-51(53)45-19-5-2-6-20-45)33-35-55(64)59-37-39-61-57-29-15-17-31-66(57)79-73(61)70(59)77)68(47-23-9-4-10-24-47)72(63)78-65-43-49(54-28-14-12-26-52(54)46-21-7-3-8-22-46)34-36-56(65)60-38-40-62-58-30-16-18-32-67(58)80-74(62)71(60)78/h2-43H. The van der Waals surface area contributed by atoms with Gasteiger partial charge in [0.1, 0.15) is 6.07 Å². The lowest BCUT2D eigenvalue weighted by Gasteiger charge is -2.23. The average Bonchev–Trinajstić information content (AvgIpc) is 4.46. The molecular formula is C74H42N4S2. The summed E-state index contributed by atoms with van der Waals surface area (Å²) < 4.78 is 9.44. The summed E-state index contributed by atoms with van der Waals surface area (Å²) >= 11 is 3.58. The van der Waals surface area contributed by atoms with Gasteiger partial charge in [-0.25, -0.2) is 4.85 Å². The molecule has 12 aromatic carbocycles. The smallest absolute Gasteiger partial charge is 0.212 e. The predicted octanol–water partition coefficient (Wildman–Crippen LogP) is 21.4. The number of hydrogen-bond donors (Lipinski definition) is 0. The van der Waals surface area contributed by atoms with Crippen molar-refractivity contribution in [3.63, 3.8) is 0 Å². The van der Waals surface area contributed by atoms with Gasteiger partial charge in [0.25, 0.3) is 0 Å². The first-order valence-electron chi connectivity index (χ1n) is 26.7. The average molecular weight is 1050 g/mol. The summed E-state index contributed by atoms with van der Waals surface area (Å²) in [6.45, 7) is 9.28. The number of hydrogen-bond acceptors (Lipinski definition) is 3. The lowest BCUT2D eigenvalue weighted by atomic mass is 9.93. The fourth-order valence-corrected chi connectivity index (χ4v) is 15.2. The van der Waals surface area contributed by atoms with Crippen LogP contribution in [0.4, 0.5) is 5.69 Å². The Kier molecular flexibility index (Phi) is 10.4. The highest BCUT2D eigenvalue weighted by molar-refractivity contribution is 7.27. The third-order valence-electron chi connectivity index (χ3n) is 16.2. The first-order valence-corrected chi connectivity index (χ1v) is 28.4. The number of nitriles is 1. The van der Waals surface area contributed by atoms with Crippen LogP contribution in [0.15, 0.2) is 255 Å². The molecule has 0 N–H and O–H groups in total. The monoisotopic (exact) mass is 1050 g/mol. The Morgan fingerprint density at radius 3 is 1.20 bits per heavy atom. The highest BCUT2D eigenvalue weighted by Crippen LogP contribution is 2.52. The van der Waals surface area contributed by atoms with E-state index in [1.165, 1.54) is 20.2 Å². The fourth-order valence-electron chi connectivity index (χ4n) is 12.7. The topological polar surface area (TPSA) is 38.0 Å². The predicted molar refractivity (Wildman–Crippen MR) is 339 cm³/mol. The zero-order valence-electron chi connectivity index (χ0n) is 42.9. The van der Waals surface area contributed by atoms with Crippen LogP contribution in [0.2, 0.25) is 0 Å². The molecule has 0 saturated heterocycles. The molecule has 0 amide bonds. The molecule has 0 unspecified atom stereocenters. The van der Waals surface area contributed by atoms with Crippen molar-refractivity contribution in [1.82, 2.24) is 9.13 Å². The molecule has 0 aliphatic carbocycles. The van der Waals surface area contributed by atoms with Gasteiger partial charge in [-0.1, -0.05) is 224 Å². The van der Waals surface area contributed by atoms with Crippen molar-refractivity contribution in [2.24, 2.45) is 0 Å². The Hall–Kier alpha value is -10.3. The molecule has 4 nitrogen and oxygen atoms in total.